The molecule has 186 valence electrons. The number of anilines is 2. The summed E-state index contributed by atoms with van der Waals surface area (Å²) in [5, 5.41) is 0. The molecule has 0 bridgehead atoms. The van der Waals surface area contributed by atoms with Gasteiger partial charge >= 0.3 is 0 Å². The quantitative estimate of drug-likeness (QED) is 0.482. The molecule has 1 aromatic heterocycles. The van der Waals surface area contributed by atoms with Gasteiger partial charge in [-0.25, -0.2) is 26.2 Å². The minimum absolute atomic E-state index is 0.0428. The molecule has 35 heavy (non-hydrogen) atoms. The van der Waals surface area contributed by atoms with Crippen molar-refractivity contribution in [3.8, 4) is 5.88 Å². The van der Waals surface area contributed by atoms with Gasteiger partial charge in [0.05, 0.1) is 26.9 Å². The van der Waals surface area contributed by atoms with Gasteiger partial charge < -0.3 is 9.64 Å². The fourth-order valence-electron chi connectivity index (χ4n) is 3.90. The van der Waals surface area contributed by atoms with Crippen molar-refractivity contribution in [1.82, 2.24) is 4.98 Å². The molecule has 1 aliphatic heterocycles. The highest BCUT2D eigenvalue weighted by atomic mass is 32.2. The topological polar surface area (TPSA) is 106 Å². The lowest BCUT2D eigenvalue weighted by atomic mass is 10.1. The lowest BCUT2D eigenvalue weighted by Gasteiger charge is -2.34. The van der Waals surface area contributed by atoms with Crippen LogP contribution in [-0.4, -0.2) is 46.8 Å². The van der Waals surface area contributed by atoms with E-state index in [4.69, 9.17) is 4.74 Å². The number of ether oxygens (including phenoxy) is 1. The Bertz CT molecular complexity index is 1370. The predicted octanol–water partition coefficient (Wildman–Crippen LogP) is 3.86. The van der Waals surface area contributed by atoms with Crippen LogP contribution < -0.4 is 14.4 Å². The summed E-state index contributed by atoms with van der Waals surface area (Å²) in [6, 6.07) is 14.6. The van der Waals surface area contributed by atoms with Crippen LogP contribution in [0.4, 0.5) is 15.8 Å². The van der Waals surface area contributed by atoms with E-state index in [0.29, 0.717) is 31.8 Å². The minimum atomic E-state index is -4.08. The highest BCUT2D eigenvalue weighted by Gasteiger charge is 2.26. The van der Waals surface area contributed by atoms with Gasteiger partial charge in [0.15, 0.2) is 9.84 Å². The van der Waals surface area contributed by atoms with E-state index in [1.165, 1.54) is 49.4 Å². The molecule has 1 aliphatic rings. The Morgan fingerprint density at radius 3 is 2.29 bits per heavy atom. The molecule has 2 heterocycles. The van der Waals surface area contributed by atoms with Crippen LogP contribution in [0.5, 0.6) is 5.88 Å². The lowest BCUT2D eigenvalue weighted by Crippen LogP contribution is -2.39. The third-order valence-electron chi connectivity index (χ3n) is 5.79. The van der Waals surface area contributed by atoms with Gasteiger partial charge in [-0.1, -0.05) is 19.1 Å². The summed E-state index contributed by atoms with van der Waals surface area (Å²) in [4.78, 5) is 5.88. The second-order valence-corrected chi connectivity index (χ2v) is 12.0. The zero-order valence-corrected chi connectivity index (χ0v) is 20.7. The number of hydrogen-bond donors (Lipinski definition) is 1. The monoisotopic (exact) mass is 519 g/mol. The maximum Gasteiger partial charge on any atom is 0.261 e. The number of para-hydroxylation sites is 1. The molecule has 3 aromatic rings. The number of sulfonamides is 1. The molecular formula is C24H26FN3O5S2. The number of halogens is 1. The van der Waals surface area contributed by atoms with Crippen molar-refractivity contribution in [1.29, 1.82) is 0 Å². The van der Waals surface area contributed by atoms with E-state index >= 15 is 0 Å². The largest absolute Gasteiger partial charge is 0.474 e. The van der Waals surface area contributed by atoms with Gasteiger partial charge in [0, 0.05) is 38.2 Å². The molecule has 0 amide bonds. The Morgan fingerprint density at radius 2 is 1.66 bits per heavy atom. The maximum atomic E-state index is 14.9. The van der Waals surface area contributed by atoms with E-state index in [0.717, 1.165) is 0 Å². The summed E-state index contributed by atoms with van der Waals surface area (Å²) in [6.45, 7) is 2.45. The van der Waals surface area contributed by atoms with Crippen LogP contribution >= 0.6 is 0 Å². The van der Waals surface area contributed by atoms with Crippen LogP contribution in [0.1, 0.15) is 19.8 Å². The Balaban J connectivity index is 1.51. The average molecular weight is 520 g/mol. The Morgan fingerprint density at radius 1 is 0.971 bits per heavy atom. The predicted molar refractivity (Wildman–Crippen MR) is 131 cm³/mol. The SMILES string of the molecule is CCS(=O)(=O)c1ccc(S(=O)(=O)Nc2cccc(F)c2N2CCC(Oc3ccccn3)CC2)cc1. The second kappa shape index (κ2) is 10.2. The number of benzene rings is 2. The normalized spacial score (nSPS) is 15.1. The molecule has 11 heteroatoms. The first kappa shape index (κ1) is 24.9. The number of pyridine rings is 1. The molecule has 0 aliphatic carbocycles. The average Bonchev–Trinajstić information content (AvgIpc) is 2.85. The molecule has 0 spiro atoms. The van der Waals surface area contributed by atoms with Gasteiger partial charge in [-0.3, -0.25) is 4.72 Å². The molecule has 2 aromatic carbocycles. The van der Waals surface area contributed by atoms with Crippen molar-refractivity contribution in [2.24, 2.45) is 0 Å². The summed E-state index contributed by atoms with van der Waals surface area (Å²) in [6.07, 6.45) is 2.80. The van der Waals surface area contributed by atoms with E-state index in [9.17, 15) is 21.2 Å². The van der Waals surface area contributed by atoms with Crippen molar-refractivity contribution >= 4 is 31.2 Å². The summed E-state index contributed by atoms with van der Waals surface area (Å²) >= 11 is 0. The maximum absolute atomic E-state index is 14.9. The zero-order valence-electron chi connectivity index (χ0n) is 19.1. The first-order chi connectivity index (χ1) is 16.7. The molecule has 0 atom stereocenters. The molecule has 0 saturated carbocycles. The standard InChI is InChI=1S/C24H26FN3O5S2/c1-2-34(29,30)19-9-11-20(12-10-19)35(31,32)27-22-7-5-6-21(25)24(22)28-16-13-18(14-17-28)33-23-8-3-4-15-26-23/h3-12,15,18,27H,2,13-14,16-17H2,1H3. The molecule has 1 fully saturated rings. The van der Waals surface area contributed by atoms with Crippen molar-refractivity contribution in [2.45, 2.75) is 35.7 Å². The molecular weight excluding hydrogens is 493 g/mol. The fraction of sp³-hybridized carbons (Fsp3) is 0.292. The summed E-state index contributed by atoms with van der Waals surface area (Å²) in [5.41, 5.74) is 0.275. The van der Waals surface area contributed by atoms with Gasteiger partial charge in [0.2, 0.25) is 5.88 Å². The van der Waals surface area contributed by atoms with E-state index < -0.39 is 25.7 Å². The number of nitrogens with zero attached hydrogens (tertiary/aromatic N) is 2. The first-order valence-corrected chi connectivity index (χ1v) is 14.3. The lowest BCUT2D eigenvalue weighted by molar-refractivity contribution is 0.164. The van der Waals surface area contributed by atoms with E-state index in [-0.39, 0.29) is 33.0 Å². The first-order valence-electron chi connectivity index (χ1n) is 11.2. The smallest absolute Gasteiger partial charge is 0.261 e. The van der Waals surface area contributed by atoms with Gasteiger partial charge in [0.1, 0.15) is 11.9 Å². The van der Waals surface area contributed by atoms with Gasteiger partial charge in [-0.15, -0.1) is 0 Å². The van der Waals surface area contributed by atoms with Crippen molar-refractivity contribution in [3.63, 3.8) is 0 Å². The Hall–Kier alpha value is -3.18. The van der Waals surface area contributed by atoms with E-state index in [2.05, 4.69) is 9.71 Å². The molecule has 0 radical (unpaired) electrons. The van der Waals surface area contributed by atoms with Gasteiger partial charge in [0.25, 0.3) is 10.0 Å². The van der Waals surface area contributed by atoms with Crippen LogP contribution in [0.15, 0.2) is 76.7 Å². The Labute approximate surface area is 204 Å². The summed E-state index contributed by atoms with van der Waals surface area (Å²) in [7, 11) is -7.54. The number of nitrogens with one attached hydrogen (secondary N) is 1. The fourth-order valence-corrected chi connectivity index (χ4v) is 5.85. The zero-order chi connectivity index (χ0) is 25.1. The van der Waals surface area contributed by atoms with Crippen LogP contribution in [0.25, 0.3) is 0 Å². The van der Waals surface area contributed by atoms with Gasteiger partial charge in [-0.2, -0.15) is 0 Å². The number of rotatable bonds is 8. The molecule has 1 saturated heterocycles. The number of piperidine rings is 1. The second-order valence-electron chi connectivity index (χ2n) is 8.09. The molecule has 8 nitrogen and oxygen atoms in total. The highest BCUT2D eigenvalue weighted by molar-refractivity contribution is 7.92. The highest BCUT2D eigenvalue weighted by Crippen LogP contribution is 2.33. The molecule has 0 unspecified atom stereocenters. The van der Waals surface area contributed by atoms with Gasteiger partial charge in [-0.05, 0) is 42.5 Å². The van der Waals surface area contributed by atoms with E-state index in [1.54, 1.807) is 23.2 Å². The Kier molecular flexibility index (Phi) is 7.27. The number of hydrogen-bond acceptors (Lipinski definition) is 7. The van der Waals surface area contributed by atoms with Crippen molar-refractivity contribution < 1.29 is 26.0 Å². The molecule has 1 N–H and O–H groups in total. The van der Waals surface area contributed by atoms with Crippen LogP contribution in [0, 0.1) is 5.82 Å². The van der Waals surface area contributed by atoms with E-state index in [1.807, 2.05) is 6.07 Å². The van der Waals surface area contributed by atoms with Crippen molar-refractivity contribution in [3.05, 3.63) is 72.7 Å². The van der Waals surface area contributed by atoms with Crippen LogP contribution in [0.3, 0.4) is 0 Å². The minimum Gasteiger partial charge on any atom is -0.474 e. The molecule has 4 rings (SSSR count). The van der Waals surface area contributed by atoms with Crippen LogP contribution in [0.2, 0.25) is 0 Å². The van der Waals surface area contributed by atoms with Crippen LogP contribution in [-0.2, 0) is 19.9 Å². The number of aromatic nitrogens is 1. The third-order valence-corrected chi connectivity index (χ3v) is 8.92. The number of sulfone groups is 1. The summed E-state index contributed by atoms with van der Waals surface area (Å²) in [5.74, 6) is -0.102. The van der Waals surface area contributed by atoms with Crippen molar-refractivity contribution in [2.75, 3.05) is 28.5 Å². The summed E-state index contributed by atoms with van der Waals surface area (Å²) < 4.78 is 73.3. The third kappa shape index (κ3) is 5.73.